The summed E-state index contributed by atoms with van der Waals surface area (Å²) in [5, 5.41) is 2.49. The van der Waals surface area contributed by atoms with Gasteiger partial charge in [-0.05, 0) is 37.8 Å². The maximum Gasteiger partial charge on any atom is 0.259 e. The quantitative estimate of drug-likeness (QED) is 0.672. The summed E-state index contributed by atoms with van der Waals surface area (Å²) in [6.45, 7) is 6.47. The van der Waals surface area contributed by atoms with E-state index in [1.807, 2.05) is 45.3 Å². The molecule has 0 fully saturated rings. The van der Waals surface area contributed by atoms with E-state index in [2.05, 4.69) is 9.97 Å². The minimum absolute atomic E-state index is 0.0784. The molecule has 3 heterocycles. The lowest BCUT2D eigenvalue weighted by atomic mass is 10.2. The summed E-state index contributed by atoms with van der Waals surface area (Å²) in [7, 11) is 1.82. The first-order chi connectivity index (χ1) is 12.4. The maximum atomic E-state index is 12.5. The summed E-state index contributed by atoms with van der Waals surface area (Å²) in [6, 6.07) is 4.02. The Balaban J connectivity index is 1.65. The molecule has 0 aliphatic carbocycles. The molecule has 0 bridgehead atoms. The van der Waals surface area contributed by atoms with E-state index in [9.17, 15) is 9.59 Å². The van der Waals surface area contributed by atoms with E-state index >= 15 is 0 Å². The van der Waals surface area contributed by atoms with Crippen molar-refractivity contribution >= 4 is 50.6 Å². The number of H-pyrrole nitrogens is 1. The minimum Gasteiger partial charge on any atom is -0.340 e. The van der Waals surface area contributed by atoms with Gasteiger partial charge in [0.2, 0.25) is 5.91 Å². The highest BCUT2D eigenvalue weighted by atomic mass is 32.2. The lowest BCUT2D eigenvalue weighted by molar-refractivity contribution is -0.129. The van der Waals surface area contributed by atoms with Gasteiger partial charge in [0, 0.05) is 16.8 Å². The van der Waals surface area contributed by atoms with Crippen molar-refractivity contribution in [3.63, 3.8) is 0 Å². The van der Waals surface area contributed by atoms with Gasteiger partial charge >= 0.3 is 0 Å². The second-order valence-electron chi connectivity index (χ2n) is 6.20. The number of rotatable bonds is 6. The Morgan fingerprint density at radius 3 is 2.88 bits per heavy atom. The van der Waals surface area contributed by atoms with Crippen LogP contribution in [0.5, 0.6) is 0 Å². The fraction of sp³-hybridized carbons (Fsp3) is 0.389. The second kappa shape index (κ2) is 7.94. The molecule has 3 aromatic heterocycles. The Labute approximate surface area is 164 Å². The van der Waals surface area contributed by atoms with Gasteiger partial charge < -0.3 is 9.88 Å². The van der Waals surface area contributed by atoms with Crippen molar-refractivity contribution in [1.82, 2.24) is 14.9 Å². The standard InChI is InChI=1S/C18H21N3O2S3/c1-10-11(2)26-17-15(10)16(22)19-14(20-17)9-25-12(3)18(23)21(4)8-13-6-5-7-24-13/h5-7,12H,8-9H2,1-4H3,(H,19,20,22). The van der Waals surface area contributed by atoms with Crippen LogP contribution in [0.15, 0.2) is 22.3 Å². The Kier molecular flexibility index (Phi) is 5.84. The molecule has 1 amide bonds. The molecule has 0 spiro atoms. The molecule has 0 saturated carbocycles. The zero-order valence-corrected chi connectivity index (χ0v) is 17.6. The molecule has 1 N–H and O–H groups in total. The van der Waals surface area contributed by atoms with Crippen molar-refractivity contribution in [1.29, 1.82) is 0 Å². The SMILES string of the molecule is Cc1sc2nc(CSC(C)C(=O)N(C)Cc3cccs3)[nH]c(=O)c2c1C. The summed E-state index contributed by atoms with van der Waals surface area (Å²) in [5.41, 5.74) is 0.901. The van der Waals surface area contributed by atoms with Gasteiger partial charge in [0.1, 0.15) is 10.7 Å². The summed E-state index contributed by atoms with van der Waals surface area (Å²) < 4.78 is 0. The Hall–Kier alpha value is -1.64. The van der Waals surface area contributed by atoms with Crippen molar-refractivity contribution in [2.75, 3.05) is 7.05 Å². The number of carbonyl (C=O) groups excluding carboxylic acids is 1. The number of thioether (sulfide) groups is 1. The molecule has 138 valence electrons. The van der Waals surface area contributed by atoms with Crippen molar-refractivity contribution in [2.45, 2.75) is 38.3 Å². The van der Waals surface area contributed by atoms with Crippen LogP contribution in [0.25, 0.3) is 10.2 Å². The molecule has 0 saturated heterocycles. The van der Waals surface area contributed by atoms with Crippen molar-refractivity contribution in [3.8, 4) is 0 Å². The van der Waals surface area contributed by atoms with Crippen LogP contribution in [0.2, 0.25) is 0 Å². The maximum absolute atomic E-state index is 12.5. The fourth-order valence-corrected chi connectivity index (χ4v) is 5.34. The van der Waals surface area contributed by atoms with E-state index in [0.717, 1.165) is 20.1 Å². The Morgan fingerprint density at radius 2 is 2.19 bits per heavy atom. The van der Waals surface area contributed by atoms with Gasteiger partial charge in [-0.15, -0.1) is 34.4 Å². The number of nitrogens with one attached hydrogen (secondary N) is 1. The van der Waals surface area contributed by atoms with Crippen LogP contribution in [0.4, 0.5) is 0 Å². The zero-order valence-electron chi connectivity index (χ0n) is 15.2. The first-order valence-corrected chi connectivity index (χ1v) is 11.0. The van der Waals surface area contributed by atoms with Gasteiger partial charge in [-0.1, -0.05) is 6.07 Å². The Bertz CT molecular complexity index is 976. The molecule has 0 aliphatic rings. The summed E-state index contributed by atoms with van der Waals surface area (Å²) >= 11 is 4.68. The highest BCUT2D eigenvalue weighted by Crippen LogP contribution is 2.26. The van der Waals surface area contributed by atoms with Crippen LogP contribution < -0.4 is 5.56 Å². The first-order valence-electron chi connectivity index (χ1n) is 8.24. The molecule has 3 rings (SSSR count). The zero-order chi connectivity index (χ0) is 18.8. The lowest BCUT2D eigenvalue weighted by Crippen LogP contribution is -2.32. The largest absolute Gasteiger partial charge is 0.340 e. The number of amides is 1. The predicted molar refractivity (Wildman–Crippen MR) is 111 cm³/mol. The summed E-state index contributed by atoms with van der Waals surface area (Å²) in [6.07, 6.45) is 0. The average molecular weight is 408 g/mol. The second-order valence-corrected chi connectivity index (χ2v) is 9.77. The molecule has 8 heteroatoms. The number of fused-ring (bicyclic) bond motifs is 1. The number of aromatic nitrogens is 2. The molecular formula is C18H21N3O2S3. The number of carbonyl (C=O) groups is 1. The number of aryl methyl sites for hydroxylation is 2. The van der Waals surface area contributed by atoms with E-state index in [1.54, 1.807) is 27.6 Å². The van der Waals surface area contributed by atoms with Crippen LogP contribution >= 0.6 is 34.4 Å². The van der Waals surface area contributed by atoms with Crippen LogP contribution in [0.3, 0.4) is 0 Å². The summed E-state index contributed by atoms with van der Waals surface area (Å²) in [4.78, 5) is 37.1. The molecule has 3 aromatic rings. The number of aromatic amines is 1. The topological polar surface area (TPSA) is 66.1 Å². The number of nitrogens with zero attached hydrogens (tertiary/aromatic N) is 2. The van der Waals surface area contributed by atoms with Crippen LogP contribution in [-0.4, -0.2) is 33.1 Å². The third-order valence-electron chi connectivity index (χ3n) is 4.26. The van der Waals surface area contributed by atoms with Gasteiger partial charge in [-0.3, -0.25) is 9.59 Å². The predicted octanol–water partition coefficient (Wildman–Crippen LogP) is 3.94. The van der Waals surface area contributed by atoms with E-state index < -0.39 is 0 Å². The first kappa shape index (κ1) is 19.1. The molecule has 26 heavy (non-hydrogen) atoms. The highest BCUT2D eigenvalue weighted by molar-refractivity contribution is 7.99. The molecule has 1 unspecified atom stereocenters. The van der Waals surface area contributed by atoms with Crippen LogP contribution in [0, 0.1) is 13.8 Å². The molecular weight excluding hydrogens is 386 g/mol. The summed E-state index contributed by atoms with van der Waals surface area (Å²) in [5.74, 6) is 1.20. The monoisotopic (exact) mass is 407 g/mol. The third-order valence-corrected chi connectivity index (χ3v) is 7.36. The molecule has 0 aliphatic heterocycles. The Morgan fingerprint density at radius 1 is 1.42 bits per heavy atom. The number of hydrogen-bond acceptors (Lipinski definition) is 6. The van der Waals surface area contributed by atoms with Crippen molar-refractivity contribution in [3.05, 3.63) is 49.0 Å². The van der Waals surface area contributed by atoms with Gasteiger partial charge in [0.15, 0.2) is 0 Å². The normalized spacial score (nSPS) is 12.5. The van der Waals surface area contributed by atoms with Crippen molar-refractivity contribution in [2.24, 2.45) is 0 Å². The lowest BCUT2D eigenvalue weighted by Gasteiger charge is -2.20. The highest BCUT2D eigenvalue weighted by Gasteiger charge is 2.19. The smallest absolute Gasteiger partial charge is 0.259 e. The molecule has 0 aromatic carbocycles. The van der Waals surface area contributed by atoms with Gasteiger partial charge in [-0.25, -0.2) is 4.98 Å². The minimum atomic E-state index is -0.201. The molecule has 0 radical (unpaired) electrons. The number of thiophene rings is 2. The van der Waals surface area contributed by atoms with E-state index in [0.29, 0.717) is 23.5 Å². The number of hydrogen-bond donors (Lipinski definition) is 1. The van der Waals surface area contributed by atoms with Crippen molar-refractivity contribution < 1.29 is 4.79 Å². The fourth-order valence-electron chi connectivity index (χ4n) is 2.67. The van der Waals surface area contributed by atoms with Crippen LogP contribution in [0.1, 0.15) is 28.1 Å². The third kappa shape index (κ3) is 4.02. The molecule has 1 atom stereocenters. The van der Waals surface area contributed by atoms with E-state index in [4.69, 9.17) is 0 Å². The van der Waals surface area contributed by atoms with E-state index in [-0.39, 0.29) is 16.7 Å². The molecule has 5 nitrogen and oxygen atoms in total. The van der Waals surface area contributed by atoms with Gasteiger partial charge in [-0.2, -0.15) is 0 Å². The average Bonchev–Trinajstić information content (AvgIpc) is 3.20. The van der Waals surface area contributed by atoms with Gasteiger partial charge in [0.05, 0.1) is 22.9 Å². The van der Waals surface area contributed by atoms with Crippen LogP contribution in [-0.2, 0) is 17.1 Å². The van der Waals surface area contributed by atoms with E-state index in [1.165, 1.54) is 11.8 Å². The van der Waals surface area contributed by atoms with Gasteiger partial charge in [0.25, 0.3) is 5.56 Å².